The van der Waals surface area contributed by atoms with Crippen LogP contribution in [0, 0.1) is 10.1 Å². The SMILES string of the molecule is O=C(NCc1ccc(Cn2ccccc2=O)cc1)c1ccc(Oc2ccc(Cl)cc2[N+](=O)[O-])cc1. The number of hydrogen-bond donors (Lipinski definition) is 1. The topological polar surface area (TPSA) is 103 Å². The second-order valence-corrected chi connectivity index (χ2v) is 8.10. The molecule has 0 saturated carbocycles. The number of carbonyl (C=O) groups is 1. The minimum absolute atomic E-state index is 0.0530. The van der Waals surface area contributed by atoms with E-state index in [4.69, 9.17) is 16.3 Å². The summed E-state index contributed by atoms with van der Waals surface area (Å²) >= 11 is 5.82. The van der Waals surface area contributed by atoms with Gasteiger partial charge in [-0.2, -0.15) is 0 Å². The number of nitrogens with zero attached hydrogens (tertiary/aromatic N) is 2. The van der Waals surface area contributed by atoms with Crippen molar-refractivity contribution in [1.29, 1.82) is 0 Å². The van der Waals surface area contributed by atoms with Crippen molar-refractivity contribution in [2.45, 2.75) is 13.1 Å². The number of pyridine rings is 1. The van der Waals surface area contributed by atoms with Crippen LogP contribution in [-0.4, -0.2) is 15.4 Å². The van der Waals surface area contributed by atoms with Gasteiger partial charge in [-0.25, -0.2) is 0 Å². The zero-order valence-corrected chi connectivity index (χ0v) is 19.1. The predicted octanol–water partition coefficient (Wildman–Crippen LogP) is 5.18. The summed E-state index contributed by atoms with van der Waals surface area (Å²) in [5.41, 5.74) is 2.00. The number of halogens is 1. The zero-order chi connectivity index (χ0) is 24.8. The Morgan fingerprint density at radius 2 is 1.69 bits per heavy atom. The van der Waals surface area contributed by atoms with Gasteiger partial charge in [0.1, 0.15) is 5.75 Å². The van der Waals surface area contributed by atoms with Crippen LogP contribution < -0.4 is 15.6 Å². The minimum Gasteiger partial charge on any atom is -0.450 e. The predicted molar refractivity (Wildman–Crippen MR) is 132 cm³/mol. The Hall–Kier alpha value is -4.43. The smallest absolute Gasteiger partial charge is 0.313 e. The van der Waals surface area contributed by atoms with Crippen LogP contribution in [0.4, 0.5) is 5.69 Å². The van der Waals surface area contributed by atoms with Crippen molar-refractivity contribution in [3.05, 3.63) is 133 Å². The number of rotatable bonds is 8. The highest BCUT2D eigenvalue weighted by Crippen LogP contribution is 2.33. The molecule has 0 spiro atoms. The molecule has 176 valence electrons. The lowest BCUT2D eigenvalue weighted by Gasteiger charge is -2.09. The third-order valence-corrected chi connectivity index (χ3v) is 5.43. The van der Waals surface area contributed by atoms with Gasteiger partial charge in [-0.15, -0.1) is 0 Å². The van der Waals surface area contributed by atoms with Gasteiger partial charge in [0.2, 0.25) is 5.75 Å². The molecular weight excluding hydrogens is 470 g/mol. The number of amides is 1. The van der Waals surface area contributed by atoms with Crippen LogP contribution in [0.15, 0.2) is 95.9 Å². The lowest BCUT2D eigenvalue weighted by molar-refractivity contribution is -0.385. The van der Waals surface area contributed by atoms with E-state index in [9.17, 15) is 19.7 Å². The summed E-state index contributed by atoms with van der Waals surface area (Å²) in [6, 6.07) is 23.1. The van der Waals surface area contributed by atoms with Gasteiger partial charge < -0.3 is 14.6 Å². The maximum atomic E-state index is 12.5. The molecule has 0 aliphatic carbocycles. The standard InChI is InChI=1S/C26H20ClN3O5/c27-21-10-13-24(23(15-21)30(33)34)35-22-11-8-20(9-12-22)26(32)28-16-18-4-6-19(7-5-18)17-29-14-2-1-3-25(29)31/h1-15H,16-17H2,(H,28,32). The van der Waals surface area contributed by atoms with Crippen LogP contribution in [-0.2, 0) is 13.1 Å². The normalized spacial score (nSPS) is 10.5. The van der Waals surface area contributed by atoms with Gasteiger partial charge >= 0.3 is 5.69 Å². The van der Waals surface area contributed by atoms with E-state index >= 15 is 0 Å². The van der Waals surface area contributed by atoms with Crippen molar-refractivity contribution in [3.8, 4) is 11.5 Å². The summed E-state index contributed by atoms with van der Waals surface area (Å²) in [4.78, 5) is 35.0. The molecule has 9 heteroatoms. The first-order valence-corrected chi connectivity index (χ1v) is 11.0. The number of aromatic nitrogens is 1. The molecule has 0 aliphatic rings. The van der Waals surface area contributed by atoms with Gasteiger partial charge in [-0.05, 0) is 53.6 Å². The first-order chi connectivity index (χ1) is 16.9. The first kappa shape index (κ1) is 23.7. The molecule has 1 N–H and O–H groups in total. The molecule has 0 saturated heterocycles. The van der Waals surface area contributed by atoms with E-state index in [1.165, 1.54) is 24.3 Å². The molecule has 4 rings (SSSR count). The van der Waals surface area contributed by atoms with E-state index in [1.54, 1.807) is 41.1 Å². The summed E-state index contributed by atoms with van der Waals surface area (Å²) < 4.78 is 7.22. The Balaban J connectivity index is 1.34. The lowest BCUT2D eigenvalue weighted by atomic mass is 10.1. The molecule has 35 heavy (non-hydrogen) atoms. The molecule has 0 fully saturated rings. The number of carbonyl (C=O) groups excluding carboxylic acids is 1. The van der Waals surface area contributed by atoms with Gasteiger partial charge in [-0.1, -0.05) is 41.9 Å². The van der Waals surface area contributed by atoms with Crippen LogP contribution in [0.2, 0.25) is 5.02 Å². The number of nitro benzene ring substituents is 1. The van der Waals surface area contributed by atoms with Gasteiger partial charge in [-0.3, -0.25) is 19.7 Å². The average molecular weight is 490 g/mol. The molecule has 0 radical (unpaired) electrons. The Morgan fingerprint density at radius 1 is 0.971 bits per heavy atom. The summed E-state index contributed by atoms with van der Waals surface area (Å²) in [5, 5.41) is 14.3. The molecule has 0 bridgehead atoms. The lowest BCUT2D eigenvalue weighted by Crippen LogP contribution is -2.22. The maximum absolute atomic E-state index is 12.5. The first-order valence-electron chi connectivity index (χ1n) is 10.6. The molecule has 0 aliphatic heterocycles. The third-order valence-electron chi connectivity index (χ3n) is 5.19. The zero-order valence-electron chi connectivity index (χ0n) is 18.4. The Kier molecular flexibility index (Phi) is 7.23. The Bertz CT molecular complexity index is 1420. The fourth-order valence-corrected chi connectivity index (χ4v) is 3.52. The van der Waals surface area contributed by atoms with E-state index < -0.39 is 4.92 Å². The van der Waals surface area contributed by atoms with E-state index in [-0.39, 0.29) is 27.9 Å². The molecule has 0 atom stereocenters. The van der Waals surface area contributed by atoms with Crippen LogP contribution >= 0.6 is 11.6 Å². The molecule has 8 nitrogen and oxygen atoms in total. The molecule has 3 aromatic carbocycles. The number of nitrogens with one attached hydrogen (secondary N) is 1. The Labute approximate surface area is 205 Å². The number of ether oxygens (including phenoxy) is 1. The second kappa shape index (κ2) is 10.7. The highest BCUT2D eigenvalue weighted by atomic mass is 35.5. The van der Waals surface area contributed by atoms with Crippen molar-refractivity contribution in [1.82, 2.24) is 9.88 Å². The number of hydrogen-bond acceptors (Lipinski definition) is 5. The summed E-state index contributed by atoms with van der Waals surface area (Å²) in [5.74, 6) is 0.131. The highest BCUT2D eigenvalue weighted by molar-refractivity contribution is 6.30. The molecular formula is C26H20ClN3O5. The van der Waals surface area contributed by atoms with Gasteiger partial charge in [0.25, 0.3) is 11.5 Å². The monoisotopic (exact) mass is 489 g/mol. The van der Waals surface area contributed by atoms with Crippen molar-refractivity contribution in [3.63, 3.8) is 0 Å². The fourth-order valence-electron chi connectivity index (χ4n) is 3.36. The molecule has 1 amide bonds. The second-order valence-electron chi connectivity index (χ2n) is 7.66. The fraction of sp³-hybridized carbons (Fsp3) is 0.0769. The average Bonchev–Trinajstić information content (AvgIpc) is 2.86. The van der Waals surface area contributed by atoms with Gasteiger partial charge in [0, 0.05) is 35.5 Å². The summed E-state index contributed by atoms with van der Waals surface area (Å²) in [6.07, 6.45) is 1.74. The molecule has 0 unspecified atom stereocenters. The largest absolute Gasteiger partial charge is 0.450 e. The molecule has 4 aromatic rings. The maximum Gasteiger partial charge on any atom is 0.313 e. The third kappa shape index (κ3) is 6.13. The van der Waals surface area contributed by atoms with E-state index in [0.29, 0.717) is 24.4 Å². The van der Waals surface area contributed by atoms with Crippen molar-refractivity contribution >= 4 is 23.2 Å². The van der Waals surface area contributed by atoms with Crippen molar-refractivity contribution < 1.29 is 14.5 Å². The van der Waals surface area contributed by atoms with Crippen molar-refractivity contribution in [2.24, 2.45) is 0 Å². The summed E-state index contributed by atoms with van der Waals surface area (Å²) in [6.45, 7) is 0.805. The van der Waals surface area contributed by atoms with Crippen LogP contribution in [0.1, 0.15) is 21.5 Å². The van der Waals surface area contributed by atoms with Gasteiger partial charge in [0.15, 0.2) is 0 Å². The van der Waals surface area contributed by atoms with E-state index in [0.717, 1.165) is 11.1 Å². The Morgan fingerprint density at radius 3 is 2.37 bits per heavy atom. The van der Waals surface area contributed by atoms with E-state index in [1.807, 2.05) is 30.3 Å². The number of nitro groups is 1. The van der Waals surface area contributed by atoms with Crippen LogP contribution in [0.25, 0.3) is 0 Å². The van der Waals surface area contributed by atoms with Crippen LogP contribution in [0.5, 0.6) is 11.5 Å². The summed E-state index contributed by atoms with van der Waals surface area (Å²) in [7, 11) is 0. The number of benzene rings is 3. The minimum atomic E-state index is -0.572. The van der Waals surface area contributed by atoms with Crippen molar-refractivity contribution in [2.75, 3.05) is 0 Å². The van der Waals surface area contributed by atoms with Crippen LogP contribution in [0.3, 0.4) is 0 Å². The van der Waals surface area contributed by atoms with E-state index in [2.05, 4.69) is 5.32 Å². The highest BCUT2D eigenvalue weighted by Gasteiger charge is 2.16. The molecule has 1 aromatic heterocycles. The molecule has 1 heterocycles. The van der Waals surface area contributed by atoms with Gasteiger partial charge in [0.05, 0.1) is 11.5 Å². The quantitative estimate of drug-likeness (QED) is 0.271.